The van der Waals surface area contributed by atoms with Gasteiger partial charge in [0.15, 0.2) is 0 Å². The molecule has 0 aliphatic heterocycles. The number of oxazole rings is 1. The molecule has 2 amide bonds. The third-order valence-electron chi connectivity index (χ3n) is 4.09. The molecule has 3 rings (SSSR count). The summed E-state index contributed by atoms with van der Waals surface area (Å²) in [5.74, 6) is -0.289. The Bertz CT molecular complexity index is 970. The summed E-state index contributed by atoms with van der Waals surface area (Å²) in [6.07, 6.45) is 0.0728. The zero-order valence-electron chi connectivity index (χ0n) is 15.4. The molecular weight excluding hydrogens is 361 g/mol. The second-order valence-corrected chi connectivity index (χ2v) is 6.15. The highest BCUT2D eigenvalue weighted by Crippen LogP contribution is 2.21. The summed E-state index contributed by atoms with van der Waals surface area (Å²) in [6, 6.07) is 15.2. The Morgan fingerprint density at radius 3 is 2.43 bits per heavy atom. The molecule has 0 aliphatic rings. The van der Waals surface area contributed by atoms with Crippen LogP contribution in [0.1, 0.15) is 21.8 Å². The number of benzene rings is 2. The lowest BCUT2D eigenvalue weighted by Gasteiger charge is -2.07. The fourth-order valence-corrected chi connectivity index (χ4v) is 2.63. The maximum Gasteiger partial charge on any atom is 0.254 e. The molecule has 1 heterocycles. The number of hydrogen-bond acceptors (Lipinski definition) is 4. The molecule has 0 unspecified atom stereocenters. The number of halogens is 1. The van der Waals surface area contributed by atoms with Crippen molar-refractivity contribution in [1.29, 1.82) is 0 Å². The minimum atomic E-state index is -0.584. The molecular formula is C21H20FN3O3. The average molecular weight is 381 g/mol. The maximum atomic E-state index is 13.5. The normalized spacial score (nSPS) is 10.5. The topological polar surface area (TPSA) is 84.2 Å². The van der Waals surface area contributed by atoms with E-state index in [0.717, 1.165) is 5.56 Å². The van der Waals surface area contributed by atoms with Crippen LogP contribution in [0.25, 0.3) is 11.5 Å². The van der Waals surface area contributed by atoms with Crippen molar-refractivity contribution in [1.82, 2.24) is 15.6 Å². The van der Waals surface area contributed by atoms with Crippen LogP contribution in [0.5, 0.6) is 0 Å². The molecule has 0 saturated heterocycles. The molecule has 144 valence electrons. The Balaban J connectivity index is 1.47. The van der Waals surface area contributed by atoms with Crippen LogP contribution in [0.15, 0.2) is 59.0 Å². The molecule has 0 spiro atoms. The van der Waals surface area contributed by atoms with E-state index in [1.54, 1.807) is 13.0 Å². The van der Waals surface area contributed by atoms with E-state index in [9.17, 15) is 14.0 Å². The number of carbonyl (C=O) groups excluding carboxylic acids is 2. The van der Waals surface area contributed by atoms with Crippen LogP contribution in [-0.4, -0.2) is 29.9 Å². The monoisotopic (exact) mass is 381 g/mol. The summed E-state index contributed by atoms with van der Waals surface area (Å²) < 4.78 is 19.2. The number of amides is 2. The summed E-state index contributed by atoms with van der Waals surface area (Å²) in [5.41, 5.74) is 1.38. The molecule has 0 bridgehead atoms. The summed E-state index contributed by atoms with van der Waals surface area (Å²) in [4.78, 5) is 28.4. The molecule has 0 fully saturated rings. The van der Waals surface area contributed by atoms with Crippen LogP contribution < -0.4 is 10.6 Å². The first-order valence-electron chi connectivity index (χ1n) is 8.85. The van der Waals surface area contributed by atoms with E-state index in [-0.39, 0.29) is 31.0 Å². The van der Waals surface area contributed by atoms with Gasteiger partial charge in [-0.15, -0.1) is 0 Å². The molecule has 6 nitrogen and oxygen atoms in total. The van der Waals surface area contributed by atoms with E-state index < -0.39 is 11.7 Å². The van der Waals surface area contributed by atoms with Gasteiger partial charge >= 0.3 is 0 Å². The summed E-state index contributed by atoms with van der Waals surface area (Å²) in [6.45, 7) is 2.17. The number of nitrogens with one attached hydrogen (secondary N) is 2. The van der Waals surface area contributed by atoms with Gasteiger partial charge in [-0.3, -0.25) is 9.59 Å². The Labute approximate surface area is 161 Å². The molecule has 0 saturated carbocycles. The first-order chi connectivity index (χ1) is 13.5. The number of carbonyl (C=O) groups is 2. The van der Waals surface area contributed by atoms with Gasteiger partial charge in [0.05, 0.1) is 17.7 Å². The fourth-order valence-electron chi connectivity index (χ4n) is 2.63. The third-order valence-corrected chi connectivity index (χ3v) is 4.09. The van der Waals surface area contributed by atoms with Crippen LogP contribution in [-0.2, 0) is 11.2 Å². The lowest BCUT2D eigenvalue weighted by molar-refractivity contribution is -0.120. The predicted octanol–water partition coefficient (Wildman–Crippen LogP) is 2.88. The Hall–Kier alpha value is -3.48. The quantitative estimate of drug-likeness (QED) is 0.617. The van der Waals surface area contributed by atoms with Gasteiger partial charge in [0.1, 0.15) is 11.6 Å². The van der Waals surface area contributed by atoms with Crippen LogP contribution in [0, 0.1) is 12.7 Å². The van der Waals surface area contributed by atoms with Crippen molar-refractivity contribution >= 4 is 11.8 Å². The summed E-state index contributed by atoms with van der Waals surface area (Å²) >= 11 is 0. The molecule has 2 N–H and O–H groups in total. The largest absolute Gasteiger partial charge is 0.441 e. The third kappa shape index (κ3) is 4.82. The van der Waals surface area contributed by atoms with E-state index in [1.165, 1.54) is 18.2 Å². The molecule has 0 radical (unpaired) electrons. The van der Waals surface area contributed by atoms with E-state index in [4.69, 9.17) is 4.42 Å². The Morgan fingerprint density at radius 2 is 1.68 bits per heavy atom. The molecule has 3 aromatic rings. The minimum absolute atomic E-state index is 0.0273. The summed E-state index contributed by atoms with van der Waals surface area (Å²) in [7, 11) is 0. The summed E-state index contributed by atoms with van der Waals surface area (Å²) in [5, 5.41) is 5.27. The molecule has 0 aliphatic carbocycles. The van der Waals surface area contributed by atoms with Crippen molar-refractivity contribution in [2.75, 3.05) is 13.1 Å². The number of aryl methyl sites for hydroxylation is 1. The highest BCUT2D eigenvalue weighted by molar-refractivity contribution is 5.94. The maximum absolute atomic E-state index is 13.5. The van der Waals surface area contributed by atoms with Crippen LogP contribution in [0.2, 0.25) is 0 Å². The van der Waals surface area contributed by atoms with Gasteiger partial charge in [0, 0.05) is 18.7 Å². The highest BCUT2D eigenvalue weighted by Gasteiger charge is 2.15. The zero-order chi connectivity index (χ0) is 19.9. The van der Waals surface area contributed by atoms with Crippen LogP contribution in [0.3, 0.4) is 0 Å². The lowest BCUT2D eigenvalue weighted by Crippen LogP contribution is -2.35. The van der Waals surface area contributed by atoms with Crippen molar-refractivity contribution in [3.8, 4) is 11.5 Å². The van der Waals surface area contributed by atoms with Crippen molar-refractivity contribution in [3.05, 3.63) is 77.4 Å². The van der Waals surface area contributed by atoms with Crippen molar-refractivity contribution in [2.45, 2.75) is 13.3 Å². The van der Waals surface area contributed by atoms with Crippen molar-refractivity contribution in [3.63, 3.8) is 0 Å². The number of nitrogens with zero attached hydrogens (tertiary/aromatic N) is 1. The number of hydrogen-bond donors (Lipinski definition) is 2. The number of aromatic nitrogens is 1. The molecule has 0 atom stereocenters. The van der Waals surface area contributed by atoms with E-state index in [2.05, 4.69) is 15.6 Å². The molecule has 28 heavy (non-hydrogen) atoms. The Morgan fingerprint density at radius 1 is 1.00 bits per heavy atom. The molecule has 7 heteroatoms. The van der Waals surface area contributed by atoms with Gasteiger partial charge in [-0.1, -0.05) is 30.3 Å². The van der Waals surface area contributed by atoms with Gasteiger partial charge in [0.25, 0.3) is 5.91 Å². The van der Waals surface area contributed by atoms with Crippen molar-refractivity contribution in [2.24, 2.45) is 0 Å². The van der Waals surface area contributed by atoms with Gasteiger partial charge in [-0.05, 0) is 31.2 Å². The SMILES string of the molecule is Cc1oc(-c2ccccc2)nc1CC(=O)NCCNC(=O)c1ccccc1F. The van der Waals surface area contributed by atoms with E-state index in [1.807, 2.05) is 30.3 Å². The minimum Gasteiger partial charge on any atom is -0.441 e. The van der Waals surface area contributed by atoms with Crippen molar-refractivity contribution < 1.29 is 18.4 Å². The van der Waals surface area contributed by atoms with Gasteiger partial charge in [-0.25, -0.2) is 9.37 Å². The smallest absolute Gasteiger partial charge is 0.254 e. The predicted molar refractivity (Wildman–Crippen MR) is 102 cm³/mol. The second-order valence-electron chi connectivity index (χ2n) is 6.15. The van der Waals surface area contributed by atoms with Gasteiger partial charge in [0.2, 0.25) is 11.8 Å². The van der Waals surface area contributed by atoms with Gasteiger partial charge in [-0.2, -0.15) is 0 Å². The highest BCUT2D eigenvalue weighted by atomic mass is 19.1. The standard InChI is InChI=1S/C21H20FN3O3/c1-14-18(25-21(28-14)15-7-3-2-4-8-15)13-19(26)23-11-12-24-20(27)16-9-5-6-10-17(16)22/h2-10H,11-13H2,1H3,(H,23,26)(H,24,27). The average Bonchev–Trinajstić information content (AvgIpc) is 3.06. The van der Waals surface area contributed by atoms with Crippen LogP contribution in [0.4, 0.5) is 4.39 Å². The lowest BCUT2D eigenvalue weighted by atomic mass is 10.2. The zero-order valence-corrected chi connectivity index (χ0v) is 15.4. The first kappa shape index (κ1) is 19.3. The fraction of sp³-hybridized carbons (Fsp3) is 0.190. The van der Waals surface area contributed by atoms with Crippen LogP contribution >= 0.6 is 0 Å². The molecule has 2 aromatic carbocycles. The molecule has 1 aromatic heterocycles. The Kier molecular flexibility index (Phi) is 6.16. The number of rotatable bonds is 7. The van der Waals surface area contributed by atoms with E-state index >= 15 is 0 Å². The van der Waals surface area contributed by atoms with E-state index in [0.29, 0.717) is 17.3 Å². The second kappa shape index (κ2) is 8.94. The first-order valence-corrected chi connectivity index (χ1v) is 8.85. The van der Waals surface area contributed by atoms with Gasteiger partial charge < -0.3 is 15.1 Å².